The maximum Gasteiger partial charge on any atom is 0.218 e. The van der Waals surface area contributed by atoms with Gasteiger partial charge in [-0.3, -0.25) is 0 Å². The zero-order chi connectivity index (χ0) is 13.4. The number of nitrogens with zero attached hydrogens (tertiary/aromatic N) is 3. The van der Waals surface area contributed by atoms with Crippen LogP contribution in [0.2, 0.25) is 0 Å². The van der Waals surface area contributed by atoms with Crippen molar-refractivity contribution >= 4 is 5.82 Å². The summed E-state index contributed by atoms with van der Waals surface area (Å²) in [7, 11) is 5.37. The number of hydrogen-bond donors (Lipinski definition) is 1. The Labute approximate surface area is 108 Å². The molecule has 0 spiro atoms. The summed E-state index contributed by atoms with van der Waals surface area (Å²) in [5, 5.41) is 3.25. The second-order valence-corrected chi connectivity index (χ2v) is 4.07. The van der Waals surface area contributed by atoms with Crippen molar-refractivity contribution in [2.24, 2.45) is 0 Å². The number of aromatic nitrogens is 2. The highest BCUT2D eigenvalue weighted by Crippen LogP contribution is 2.12. The molecule has 1 heterocycles. The van der Waals surface area contributed by atoms with Gasteiger partial charge in [-0.15, -0.1) is 0 Å². The van der Waals surface area contributed by atoms with Crippen LogP contribution in [0, 0.1) is 6.92 Å². The molecule has 0 bridgehead atoms. The van der Waals surface area contributed by atoms with E-state index < -0.39 is 0 Å². The SMILES string of the molecule is COCCN(C)CCNc1cc(OC)nc(C)n1. The molecule has 0 aromatic carbocycles. The Hall–Kier alpha value is -1.40. The average Bonchev–Trinajstić information content (AvgIpc) is 2.35. The quantitative estimate of drug-likeness (QED) is 0.740. The van der Waals surface area contributed by atoms with Crippen LogP contribution in [0.5, 0.6) is 5.88 Å². The minimum absolute atomic E-state index is 0.581. The van der Waals surface area contributed by atoms with E-state index in [0.29, 0.717) is 11.7 Å². The molecule has 0 aliphatic rings. The maximum absolute atomic E-state index is 5.10. The second kappa shape index (κ2) is 7.84. The first-order valence-corrected chi connectivity index (χ1v) is 5.96. The fourth-order valence-corrected chi connectivity index (χ4v) is 1.47. The van der Waals surface area contributed by atoms with E-state index in [9.17, 15) is 0 Å². The van der Waals surface area contributed by atoms with Gasteiger partial charge in [-0.25, -0.2) is 4.98 Å². The van der Waals surface area contributed by atoms with Crippen LogP contribution in [0.4, 0.5) is 5.82 Å². The molecule has 0 aliphatic heterocycles. The number of rotatable bonds is 8. The summed E-state index contributed by atoms with van der Waals surface area (Å²) in [6, 6.07) is 1.79. The third-order valence-corrected chi connectivity index (χ3v) is 2.50. The van der Waals surface area contributed by atoms with E-state index in [1.807, 2.05) is 6.92 Å². The molecule has 6 nitrogen and oxygen atoms in total. The molecule has 0 saturated carbocycles. The predicted octanol–water partition coefficient (Wildman–Crippen LogP) is 0.784. The van der Waals surface area contributed by atoms with Gasteiger partial charge in [-0.1, -0.05) is 0 Å². The molecule has 102 valence electrons. The van der Waals surface area contributed by atoms with Gasteiger partial charge in [-0.05, 0) is 14.0 Å². The summed E-state index contributed by atoms with van der Waals surface area (Å²) >= 11 is 0. The lowest BCUT2D eigenvalue weighted by atomic mass is 10.4. The molecule has 1 aromatic rings. The molecule has 0 aliphatic carbocycles. The first kappa shape index (κ1) is 14.7. The summed E-state index contributed by atoms with van der Waals surface area (Å²) in [6.07, 6.45) is 0. The van der Waals surface area contributed by atoms with E-state index in [0.717, 1.165) is 32.1 Å². The lowest BCUT2D eigenvalue weighted by molar-refractivity contribution is 0.163. The molecular formula is C12H22N4O2. The largest absolute Gasteiger partial charge is 0.481 e. The molecule has 0 atom stereocenters. The Balaban J connectivity index is 2.36. The standard InChI is InChI=1S/C12H22N4O2/c1-10-14-11(9-12(15-10)18-4)13-5-6-16(2)7-8-17-3/h9H,5-8H2,1-4H3,(H,13,14,15). The number of hydrogen-bond acceptors (Lipinski definition) is 6. The summed E-state index contributed by atoms with van der Waals surface area (Å²) in [5.74, 6) is 2.07. The topological polar surface area (TPSA) is 59.5 Å². The van der Waals surface area contributed by atoms with Crippen molar-refractivity contribution in [1.82, 2.24) is 14.9 Å². The van der Waals surface area contributed by atoms with Crippen LogP contribution >= 0.6 is 0 Å². The minimum Gasteiger partial charge on any atom is -0.481 e. The molecule has 0 saturated heterocycles. The van der Waals surface area contributed by atoms with Crippen LogP contribution in [-0.2, 0) is 4.74 Å². The monoisotopic (exact) mass is 254 g/mol. The number of nitrogens with one attached hydrogen (secondary N) is 1. The van der Waals surface area contributed by atoms with E-state index in [4.69, 9.17) is 9.47 Å². The highest BCUT2D eigenvalue weighted by atomic mass is 16.5. The van der Waals surface area contributed by atoms with Crippen LogP contribution in [0.15, 0.2) is 6.07 Å². The van der Waals surface area contributed by atoms with Gasteiger partial charge < -0.3 is 19.7 Å². The first-order valence-electron chi connectivity index (χ1n) is 5.96. The summed E-state index contributed by atoms with van der Waals surface area (Å²) in [6.45, 7) is 5.26. The van der Waals surface area contributed by atoms with Crippen molar-refractivity contribution in [3.63, 3.8) is 0 Å². The third-order valence-electron chi connectivity index (χ3n) is 2.50. The van der Waals surface area contributed by atoms with Crippen molar-refractivity contribution in [3.05, 3.63) is 11.9 Å². The molecule has 0 amide bonds. The van der Waals surface area contributed by atoms with Gasteiger partial charge in [0.1, 0.15) is 11.6 Å². The number of methoxy groups -OCH3 is 2. The van der Waals surface area contributed by atoms with E-state index in [2.05, 4.69) is 27.2 Å². The fraction of sp³-hybridized carbons (Fsp3) is 0.667. The molecule has 0 radical (unpaired) electrons. The molecular weight excluding hydrogens is 232 g/mol. The van der Waals surface area contributed by atoms with Gasteiger partial charge in [0.15, 0.2) is 0 Å². The fourth-order valence-electron chi connectivity index (χ4n) is 1.47. The highest BCUT2D eigenvalue weighted by Gasteiger charge is 2.02. The average molecular weight is 254 g/mol. The Morgan fingerprint density at radius 3 is 2.72 bits per heavy atom. The number of aryl methyl sites for hydroxylation is 1. The summed E-state index contributed by atoms with van der Waals surface area (Å²) in [5.41, 5.74) is 0. The molecule has 18 heavy (non-hydrogen) atoms. The predicted molar refractivity (Wildman–Crippen MR) is 71.2 cm³/mol. The minimum atomic E-state index is 0.581. The molecule has 0 fully saturated rings. The normalized spacial score (nSPS) is 10.7. The lowest BCUT2D eigenvalue weighted by Crippen LogP contribution is -2.28. The summed E-state index contributed by atoms with van der Waals surface area (Å²) < 4.78 is 10.1. The molecule has 1 N–H and O–H groups in total. The lowest BCUT2D eigenvalue weighted by Gasteiger charge is -2.16. The van der Waals surface area contributed by atoms with Crippen molar-refractivity contribution in [1.29, 1.82) is 0 Å². The van der Waals surface area contributed by atoms with E-state index in [-0.39, 0.29) is 0 Å². The second-order valence-electron chi connectivity index (χ2n) is 4.07. The van der Waals surface area contributed by atoms with Crippen LogP contribution in [0.3, 0.4) is 0 Å². The molecule has 1 rings (SSSR count). The van der Waals surface area contributed by atoms with E-state index in [1.165, 1.54) is 0 Å². The van der Waals surface area contributed by atoms with Crippen molar-refractivity contribution in [2.75, 3.05) is 52.8 Å². The van der Waals surface area contributed by atoms with E-state index >= 15 is 0 Å². The van der Waals surface area contributed by atoms with Gasteiger partial charge >= 0.3 is 0 Å². The highest BCUT2D eigenvalue weighted by molar-refractivity contribution is 5.38. The zero-order valence-corrected chi connectivity index (χ0v) is 11.6. The van der Waals surface area contributed by atoms with Crippen molar-refractivity contribution in [2.45, 2.75) is 6.92 Å². The molecule has 1 aromatic heterocycles. The Morgan fingerprint density at radius 1 is 1.28 bits per heavy atom. The maximum atomic E-state index is 5.10. The van der Waals surface area contributed by atoms with Gasteiger partial charge in [0, 0.05) is 32.8 Å². The van der Waals surface area contributed by atoms with Gasteiger partial charge in [0.2, 0.25) is 5.88 Å². The molecule has 6 heteroatoms. The van der Waals surface area contributed by atoms with Gasteiger partial charge in [0.25, 0.3) is 0 Å². The van der Waals surface area contributed by atoms with E-state index in [1.54, 1.807) is 20.3 Å². The number of likely N-dealkylation sites (N-methyl/N-ethyl adjacent to an activating group) is 1. The van der Waals surface area contributed by atoms with Crippen molar-refractivity contribution < 1.29 is 9.47 Å². The molecule has 0 unspecified atom stereocenters. The third kappa shape index (κ3) is 5.29. The Kier molecular flexibility index (Phi) is 6.38. The zero-order valence-electron chi connectivity index (χ0n) is 11.6. The van der Waals surface area contributed by atoms with Crippen molar-refractivity contribution in [3.8, 4) is 5.88 Å². The smallest absolute Gasteiger partial charge is 0.218 e. The van der Waals surface area contributed by atoms with Crippen LogP contribution in [-0.4, -0.2) is 62.4 Å². The Morgan fingerprint density at radius 2 is 2.06 bits per heavy atom. The Bertz CT molecular complexity index is 360. The van der Waals surface area contributed by atoms with Gasteiger partial charge in [0.05, 0.1) is 13.7 Å². The summed E-state index contributed by atoms with van der Waals surface area (Å²) in [4.78, 5) is 10.6. The first-order chi connectivity index (χ1) is 8.65. The van der Waals surface area contributed by atoms with Crippen LogP contribution in [0.1, 0.15) is 5.82 Å². The van der Waals surface area contributed by atoms with Crippen LogP contribution < -0.4 is 10.1 Å². The number of ether oxygens (including phenoxy) is 2. The number of anilines is 1. The van der Waals surface area contributed by atoms with Crippen LogP contribution in [0.25, 0.3) is 0 Å². The van der Waals surface area contributed by atoms with Gasteiger partial charge in [-0.2, -0.15) is 4.98 Å².